The minimum absolute atomic E-state index is 0.0522. The van der Waals surface area contributed by atoms with E-state index in [9.17, 15) is 0 Å². The van der Waals surface area contributed by atoms with Gasteiger partial charge >= 0.3 is 0 Å². The predicted octanol–water partition coefficient (Wildman–Crippen LogP) is 3.47. The van der Waals surface area contributed by atoms with Crippen LogP contribution >= 0.6 is 0 Å². The number of anilines is 1. The molecule has 0 radical (unpaired) electrons. The van der Waals surface area contributed by atoms with E-state index < -0.39 is 0 Å². The molecule has 4 heteroatoms. The average Bonchev–Trinajstić information content (AvgIpc) is 3.13. The maximum atomic E-state index is 6.43. The molecule has 0 amide bonds. The van der Waals surface area contributed by atoms with Crippen LogP contribution in [-0.2, 0) is 5.54 Å². The van der Waals surface area contributed by atoms with E-state index >= 15 is 0 Å². The third kappa shape index (κ3) is 2.09. The molecule has 2 aromatic heterocycles. The van der Waals surface area contributed by atoms with Crippen molar-refractivity contribution in [3.8, 4) is 11.3 Å². The van der Waals surface area contributed by atoms with Gasteiger partial charge in [0.15, 0.2) is 0 Å². The Hall–Kier alpha value is -1.84. The maximum Gasteiger partial charge on any atom is 0.132 e. The number of imidazole rings is 1. The SMILES string of the molecule is Cc1ccncc1-c1nc(C2CC2)n(C(C)(C)C)c1N. The lowest BCUT2D eigenvalue weighted by molar-refractivity contribution is 0.388. The number of pyridine rings is 1. The Kier molecular flexibility index (Phi) is 2.85. The molecule has 2 N–H and O–H groups in total. The summed E-state index contributed by atoms with van der Waals surface area (Å²) in [6, 6.07) is 2.00. The standard InChI is InChI=1S/C16H22N4/c1-10-7-8-18-9-12(10)13-14(17)20(16(2,3)4)15(19-13)11-5-6-11/h7-9,11H,5-6,17H2,1-4H3. The number of nitrogens with two attached hydrogens (primary N) is 1. The highest BCUT2D eigenvalue weighted by atomic mass is 15.2. The molecule has 2 aromatic rings. The summed E-state index contributed by atoms with van der Waals surface area (Å²) >= 11 is 0. The molecular weight excluding hydrogens is 248 g/mol. The fraction of sp³-hybridized carbons (Fsp3) is 0.500. The summed E-state index contributed by atoms with van der Waals surface area (Å²) < 4.78 is 2.20. The number of hydrogen-bond acceptors (Lipinski definition) is 3. The second kappa shape index (κ2) is 4.33. The zero-order valence-electron chi connectivity index (χ0n) is 12.6. The number of nitrogens with zero attached hydrogens (tertiary/aromatic N) is 3. The Morgan fingerprint density at radius 2 is 2.00 bits per heavy atom. The first-order chi connectivity index (χ1) is 9.39. The molecule has 0 bridgehead atoms. The minimum Gasteiger partial charge on any atom is -0.383 e. The van der Waals surface area contributed by atoms with Gasteiger partial charge in [-0.05, 0) is 52.2 Å². The molecule has 0 spiro atoms. The highest BCUT2D eigenvalue weighted by molar-refractivity contribution is 5.73. The number of hydrogen-bond donors (Lipinski definition) is 1. The van der Waals surface area contributed by atoms with Gasteiger partial charge in [-0.1, -0.05) is 0 Å². The lowest BCUT2D eigenvalue weighted by atomic mass is 10.1. The molecule has 0 aromatic carbocycles. The van der Waals surface area contributed by atoms with Gasteiger partial charge in [0.1, 0.15) is 17.3 Å². The fourth-order valence-corrected chi connectivity index (χ4v) is 2.68. The van der Waals surface area contributed by atoms with Gasteiger partial charge in [0.25, 0.3) is 0 Å². The van der Waals surface area contributed by atoms with Gasteiger partial charge in [-0.3, -0.25) is 4.98 Å². The van der Waals surface area contributed by atoms with Crippen LogP contribution < -0.4 is 5.73 Å². The zero-order valence-corrected chi connectivity index (χ0v) is 12.6. The third-order valence-electron chi connectivity index (χ3n) is 3.85. The van der Waals surface area contributed by atoms with Crippen molar-refractivity contribution in [2.24, 2.45) is 0 Å². The van der Waals surface area contributed by atoms with Crippen LogP contribution in [-0.4, -0.2) is 14.5 Å². The van der Waals surface area contributed by atoms with Crippen LogP contribution in [0, 0.1) is 6.92 Å². The maximum absolute atomic E-state index is 6.43. The summed E-state index contributed by atoms with van der Waals surface area (Å²) in [5.41, 5.74) is 9.46. The van der Waals surface area contributed by atoms with Gasteiger partial charge in [-0.15, -0.1) is 0 Å². The Morgan fingerprint density at radius 1 is 1.30 bits per heavy atom. The first-order valence-electron chi connectivity index (χ1n) is 7.19. The number of aromatic nitrogens is 3. The molecule has 1 fully saturated rings. The quantitative estimate of drug-likeness (QED) is 0.909. The van der Waals surface area contributed by atoms with Crippen LogP contribution in [0.25, 0.3) is 11.3 Å². The Morgan fingerprint density at radius 3 is 2.55 bits per heavy atom. The van der Waals surface area contributed by atoms with Gasteiger partial charge < -0.3 is 10.3 Å². The smallest absolute Gasteiger partial charge is 0.132 e. The summed E-state index contributed by atoms with van der Waals surface area (Å²) in [6.45, 7) is 8.60. The van der Waals surface area contributed by atoms with Crippen molar-refractivity contribution in [2.75, 3.05) is 5.73 Å². The lowest BCUT2D eigenvalue weighted by Gasteiger charge is -2.25. The predicted molar refractivity (Wildman–Crippen MR) is 81.6 cm³/mol. The molecule has 0 unspecified atom stereocenters. The summed E-state index contributed by atoms with van der Waals surface area (Å²) in [6.07, 6.45) is 6.10. The molecule has 0 atom stereocenters. The van der Waals surface area contributed by atoms with Crippen LogP contribution in [0.15, 0.2) is 18.5 Å². The summed E-state index contributed by atoms with van der Waals surface area (Å²) in [4.78, 5) is 9.09. The topological polar surface area (TPSA) is 56.7 Å². The van der Waals surface area contributed by atoms with Gasteiger partial charge in [0.05, 0.1) is 0 Å². The Bertz CT molecular complexity index is 645. The van der Waals surface area contributed by atoms with E-state index in [1.165, 1.54) is 12.8 Å². The van der Waals surface area contributed by atoms with Crippen LogP contribution in [0.2, 0.25) is 0 Å². The van der Waals surface area contributed by atoms with E-state index in [4.69, 9.17) is 10.7 Å². The Labute approximate surface area is 120 Å². The van der Waals surface area contributed by atoms with E-state index in [0.717, 1.165) is 28.5 Å². The molecule has 1 aliphatic carbocycles. The molecule has 0 aliphatic heterocycles. The molecule has 3 rings (SSSR count). The van der Waals surface area contributed by atoms with E-state index in [-0.39, 0.29) is 5.54 Å². The molecule has 20 heavy (non-hydrogen) atoms. The monoisotopic (exact) mass is 270 g/mol. The van der Waals surface area contributed by atoms with E-state index in [0.29, 0.717) is 5.92 Å². The first kappa shape index (κ1) is 13.2. The minimum atomic E-state index is -0.0522. The van der Waals surface area contributed by atoms with Crippen molar-refractivity contribution in [3.63, 3.8) is 0 Å². The van der Waals surface area contributed by atoms with Gasteiger partial charge in [0, 0.05) is 29.4 Å². The number of rotatable bonds is 2. The van der Waals surface area contributed by atoms with Crippen LogP contribution in [0.5, 0.6) is 0 Å². The molecular formula is C16H22N4. The van der Waals surface area contributed by atoms with Gasteiger partial charge in [-0.2, -0.15) is 0 Å². The van der Waals surface area contributed by atoms with Gasteiger partial charge in [0.2, 0.25) is 0 Å². The molecule has 0 saturated heterocycles. The molecule has 2 heterocycles. The van der Waals surface area contributed by atoms with Crippen molar-refractivity contribution < 1.29 is 0 Å². The highest BCUT2D eigenvalue weighted by Crippen LogP contribution is 2.44. The average molecular weight is 270 g/mol. The van der Waals surface area contributed by atoms with Crippen molar-refractivity contribution in [3.05, 3.63) is 29.8 Å². The van der Waals surface area contributed by atoms with E-state index in [1.807, 2.05) is 12.3 Å². The lowest BCUT2D eigenvalue weighted by Crippen LogP contribution is -2.25. The van der Waals surface area contributed by atoms with E-state index in [2.05, 4.69) is 37.2 Å². The summed E-state index contributed by atoms with van der Waals surface area (Å²) in [7, 11) is 0. The Balaban J connectivity index is 2.21. The second-order valence-corrected chi connectivity index (χ2v) is 6.67. The second-order valence-electron chi connectivity index (χ2n) is 6.67. The van der Waals surface area contributed by atoms with Crippen LogP contribution in [0.4, 0.5) is 5.82 Å². The van der Waals surface area contributed by atoms with E-state index in [1.54, 1.807) is 6.20 Å². The molecule has 106 valence electrons. The normalized spacial score (nSPS) is 15.6. The molecule has 4 nitrogen and oxygen atoms in total. The first-order valence-corrected chi connectivity index (χ1v) is 7.19. The highest BCUT2D eigenvalue weighted by Gasteiger charge is 2.34. The number of nitrogen functional groups attached to an aromatic ring is 1. The number of aryl methyl sites for hydroxylation is 1. The fourth-order valence-electron chi connectivity index (χ4n) is 2.68. The summed E-state index contributed by atoms with van der Waals surface area (Å²) in [5.74, 6) is 2.46. The van der Waals surface area contributed by atoms with Gasteiger partial charge in [-0.25, -0.2) is 4.98 Å². The van der Waals surface area contributed by atoms with Crippen LogP contribution in [0.3, 0.4) is 0 Å². The van der Waals surface area contributed by atoms with Crippen molar-refractivity contribution >= 4 is 5.82 Å². The van der Waals surface area contributed by atoms with Crippen molar-refractivity contribution in [1.82, 2.24) is 14.5 Å². The third-order valence-corrected chi connectivity index (χ3v) is 3.85. The summed E-state index contributed by atoms with van der Waals surface area (Å²) in [5, 5.41) is 0. The molecule has 1 aliphatic rings. The zero-order chi connectivity index (χ0) is 14.5. The largest absolute Gasteiger partial charge is 0.383 e. The van der Waals surface area contributed by atoms with Crippen molar-refractivity contribution in [1.29, 1.82) is 0 Å². The van der Waals surface area contributed by atoms with Crippen LogP contribution in [0.1, 0.15) is 50.9 Å². The molecule has 1 saturated carbocycles. The van der Waals surface area contributed by atoms with Crippen molar-refractivity contribution in [2.45, 2.75) is 52.0 Å².